The Balaban J connectivity index is 1.90. The highest BCUT2D eigenvalue weighted by atomic mass is 19.1. The molecule has 0 bridgehead atoms. The molecule has 0 radical (unpaired) electrons. The predicted molar refractivity (Wildman–Crippen MR) is 77.5 cm³/mol. The molecule has 0 aliphatic rings. The average molecular weight is 299 g/mol. The smallest absolute Gasteiger partial charge is 0.335 e. The number of carbonyl (C=O) groups excluding carboxylic acids is 1. The molecule has 6 heteroatoms. The van der Waals surface area contributed by atoms with Crippen LogP contribution in [0.4, 0.5) is 10.1 Å². The van der Waals surface area contributed by atoms with Crippen LogP contribution in [0.1, 0.15) is 20.9 Å². The second kappa shape index (κ2) is 5.33. The number of para-hydroxylation sites is 1. The van der Waals surface area contributed by atoms with Crippen molar-refractivity contribution in [3.8, 4) is 0 Å². The Kier molecular flexibility index (Phi) is 3.34. The predicted octanol–water partition coefficient (Wildman–Crippen LogP) is 3.52. The van der Waals surface area contributed by atoms with Gasteiger partial charge in [-0.3, -0.25) is 4.79 Å². The quantitative estimate of drug-likeness (QED) is 0.775. The summed E-state index contributed by atoms with van der Waals surface area (Å²) in [5, 5.41) is 11.9. The number of rotatable bonds is 3. The molecule has 0 fully saturated rings. The largest absolute Gasteiger partial charge is 0.478 e. The minimum atomic E-state index is -1.21. The number of nitrogens with one attached hydrogen (secondary N) is 1. The van der Waals surface area contributed by atoms with Crippen LogP contribution in [0.5, 0.6) is 0 Å². The van der Waals surface area contributed by atoms with Crippen molar-refractivity contribution in [3.05, 3.63) is 65.7 Å². The Morgan fingerprint density at radius 2 is 1.86 bits per heavy atom. The summed E-state index contributed by atoms with van der Waals surface area (Å²) >= 11 is 0. The van der Waals surface area contributed by atoms with Crippen LogP contribution in [0.3, 0.4) is 0 Å². The van der Waals surface area contributed by atoms with Crippen molar-refractivity contribution in [2.75, 3.05) is 5.32 Å². The number of anilines is 1. The number of aromatic carboxylic acids is 1. The Hall–Kier alpha value is -3.15. The molecule has 2 N–H and O–H groups in total. The Morgan fingerprint density at radius 1 is 1.09 bits per heavy atom. The van der Waals surface area contributed by atoms with E-state index in [4.69, 9.17) is 9.52 Å². The monoisotopic (exact) mass is 299 g/mol. The van der Waals surface area contributed by atoms with Gasteiger partial charge in [0.25, 0.3) is 5.91 Å². The van der Waals surface area contributed by atoms with Gasteiger partial charge in [0, 0.05) is 5.39 Å². The summed E-state index contributed by atoms with van der Waals surface area (Å²) in [6.45, 7) is 0. The number of carboxylic acids is 1. The first-order valence-electron chi connectivity index (χ1n) is 6.37. The molecule has 0 atom stereocenters. The van der Waals surface area contributed by atoms with Gasteiger partial charge >= 0.3 is 5.97 Å². The molecular formula is C16H10FNO4. The van der Waals surface area contributed by atoms with Crippen LogP contribution in [-0.2, 0) is 0 Å². The first-order chi connectivity index (χ1) is 10.5. The second-order valence-corrected chi connectivity index (χ2v) is 4.60. The third-order valence-corrected chi connectivity index (χ3v) is 3.11. The average Bonchev–Trinajstić information content (AvgIpc) is 2.93. The van der Waals surface area contributed by atoms with Crippen LogP contribution < -0.4 is 5.32 Å². The topological polar surface area (TPSA) is 79.5 Å². The van der Waals surface area contributed by atoms with Crippen LogP contribution >= 0.6 is 0 Å². The lowest BCUT2D eigenvalue weighted by Crippen LogP contribution is -2.13. The standard InChI is InChI=1S/C16H10FNO4/c17-11-6-5-10(16(20)21)7-12(11)18-15(19)14-8-9-3-1-2-4-13(9)22-14/h1-8H,(H,18,19)(H,20,21). The summed E-state index contributed by atoms with van der Waals surface area (Å²) < 4.78 is 19.0. The summed E-state index contributed by atoms with van der Waals surface area (Å²) in [4.78, 5) is 23.0. The van der Waals surface area contributed by atoms with Crippen LogP contribution in [0.25, 0.3) is 11.0 Å². The molecule has 22 heavy (non-hydrogen) atoms. The summed E-state index contributed by atoms with van der Waals surface area (Å²) in [5.41, 5.74) is 0.194. The van der Waals surface area contributed by atoms with Gasteiger partial charge in [0.15, 0.2) is 5.76 Å². The zero-order chi connectivity index (χ0) is 15.7. The van der Waals surface area contributed by atoms with Gasteiger partial charge in [-0.25, -0.2) is 9.18 Å². The number of fused-ring (bicyclic) bond motifs is 1. The number of carbonyl (C=O) groups is 2. The van der Waals surface area contributed by atoms with Crippen molar-refractivity contribution < 1.29 is 23.5 Å². The van der Waals surface area contributed by atoms with E-state index < -0.39 is 17.7 Å². The van der Waals surface area contributed by atoms with Crippen LogP contribution in [0.2, 0.25) is 0 Å². The fourth-order valence-electron chi connectivity index (χ4n) is 2.03. The van der Waals surface area contributed by atoms with Crippen molar-refractivity contribution in [3.63, 3.8) is 0 Å². The van der Waals surface area contributed by atoms with E-state index in [-0.39, 0.29) is 17.0 Å². The first kappa shape index (κ1) is 13.8. The lowest BCUT2D eigenvalue weighted by Gasteiger charge is -2.05. The van der Waals surface area contributed by atoms with Crippen LogP contribution in [0.15, 0.2) is 52.9 Å². The van der Waals surface area contributed by atoms with Crippen LogP contribution in [-0.4, -0.2) is 17.0 Å². The highest BCUT2D eigenvalue weighted by Gasteiger charge is 2.15. The van der Waals surface area contributed by atoms with Crippen molar-refractivity contribution in [1.82, 2.24) is 0 Å². The van der Waals surface area contributed by atoms with E-state index in [0.717, 1.165) is 23.6 Å². The third-order valence-electron chi connectivity index (χ3n) is 3.11. The maximum atomic E-state index is 13.7. The molecule has 110 valence electrons. The highest BCUT2D eigenvalue weighted by molar-refractivity contribution is 6.05. The molecule has 3 rings (SSSR count). The van der Waals surface area contributed by atoms with E-state index in [1.165, 1.54) is 6.07 Å². The summed E-state index contributed by atoms with van der Waals surface area (Å²) in [5.74, 6) is -2.58. The lowest BCUT2D eigenvalue weighted by molar-refractivity contribution is 0.0696. The maximum absolute atomic E-state index is 13.7. The van der Waals surface area contributed by atoms with Gasteiger partial charge in [-0.2, -0.15) is 0 Å². The van der Waals surface area contributed by atoms with E-state index >= 15 is 0 Å². The SMILES string of the molecule is O=C(O)c1ccc(F)c(NC(=O)c2cc3ccccc3o2)c1. The van der Waals surface area contributed by atoms with Gasteiger partial charge in [-0.05, 0) is 30.3 Å². The molecule has 0 saturated carbocycles. The molecule has 0 aliphatic carbocycles. The number of furan rings is 1. The fourth-order valence-corrected chi connectivity index (χ4v) is 2.03. The maximum Gasteiger partial charge on any atom is 0.335 e. The van der Waals surface area contributed by atoms with Gasteiger partial charge in [-0.1, -0.05) is 18.2 Å². The zero-order valence-corrected chi connectivity index (χ0v) is 11.2. The molecule has 2 aromatic carbocycles. The number of benzene rings is 2. The Morgan fingerprint density at radius 3 is 2.59 bits per heavy atom. The molecule has 0 saturated heterocycles. The van der Waals surface area contributed by atoms with Gasteiger partial charge in [-0.15, -0.1) is 0 Å². The summed E-state index contributed by atoms with van der Waals surface area (Å²) in [6, 6.07) is 11.7. The van der Waals surface area contributed by atoms with Crippen molar-refractivity contribution in [2.24, 2.45) is 0 Å². The summed E-state index contributed by atoms with van der Waals surface area (Å²) in [6.07, 6.45) is 0. The van der Waals surface area contributed by atoms with Gasteiger partial charge in [0.1, 0.15) is 11.4 Å². The number of halogens is 1. The highest BCUT2D eigenvalue weighted by Crippen LogP contribution is 2.21. The third kappa shape index (κ3) is 2.54. The molecule has 1 aromatic heterocycles. The Labute approximate surface area is 124 Å². The molecule has 5 nitrogen and oxygen atoms in total. The molecule has 0 aliphatic heterocycles. The molecule has 0 unspecified atom stereocenters. The number of hydrogen-bond donors (Lipinski definition) is 2. The normalized spacial score (nSPS) is 10.6. The number of carboxylic acid groups (broad SMARTS) is 1. The number of amides is 1. The van der Waals surface area contributed by atoms with Crippen LogP contribution in [0, 0.1) is 5.82 Å². The molecule has 3 aromatic rings. The minimum Gasteiger partial charge on any atom is -0.478 e. The number of hydrogen-bond acceptors (Lipinski definition) is 3. The second-order valence-electron chi connectivity index (χ2n) is 4.60. The van der Waals surface area contributed by atoms with Gasteiger partial charge in [0.2, 0.25) is 0 Å². The Bertz CT molecular complexity index is 852. The first-order valence-corrected chi connectivity index (χ1v) is 6.37. The molecule has 1 amide bonds. The van der Waals surface area contributed by atoms with Crippen molar-refractivity contribution >= 4 is 28.5 Å². The van der Waals surface area contributed by atoms with Crippen molar-refractivity contribution in [1.29, 1.82) is 0 Å². The minimum absolute atomic E-state index is 0.0151. The molecule has 1 heterocycles. The molecule has 0 spiro atoms. The van der Waals surface area contributed by atoms with E-state index in [1.807, 2.05) is 0 Å². The van der Waals surface area contributed by atoms with Crippen molar-refractivity contribution in [2.45, 2.75) is 0 Å². The zero-order valence-electron chi connectivity index (χ0n) is 11.2. The van der Waals surface area contributed by atoms with E-state index in [2.05, 4.69) is 5.32 Å². The van der Waals surface area contributed by atoms with E-state index in [1.54, 1.807) is 24.3 Å². The van der Waals surface area contributed by atoms with E-state index in [0.29, 0.717) is 5.58 Å². The van der Waals surface area contributed by atoms with Gasteiger partial charge < -0.3 is 14.8 Å². The van der Waals surface area contributed by atoms with E-state index in [9.17, 15) is 14.0 Å². The lowest BCUT2D eigenvalue weighted by atomic mass is 10.2. The molecular weight excluding hydrogens is 289 g/mol. The fraction of sp³-hybridized carbons (Fsp3) is 0. The van der Waals surface area contributed by atoms with Gasteiger partial charge in [0.05, 0.1) is 11.3 Å². The summed E-state index contributed by atoms with van der Waals surface area (Å²) in [7, 11) is 0.